The lowest BCUT2D eigenvalue weighted by atomic mass is 10.1. The number of aromatic nitrogens is 3. The van der Waals surface area contributed by atoms with E-state index in [2.05, 4.69) is 45.8 Å². The largest absolute Gasteiger partial charge is 0.497 e. The molecule has 0 radical (unpaired) electrons. The average molecular weight is 473 g/mol. The first-order valence-electron chi connectivity index (χ1n) is 11.9. The van der Waals surface area contributed by atoms with Gasteiger partial charge in [0.25, 0.3) is 5.91 Å². The van der Waals surface area contributed by atoms with Crippen LogP contribution in [0.4, 0.5) is 5.69 Å². The first kappa shape index (κ1) is 24.2. The van der Waals surface area contributed by atoms with Gasteiger partial charge >= 0.3 is 0 Å². The Bertz CT molecular complexity index is 1210. The molecule has 8 nitrogen and oxygen atoms in total. The number of benzene rings is 2. The Morgan fingerprint density at radius 1 is 1.06 bits per heavy atom. The van der Waals surface area contributed by atoms with Gasteiger partial charge in [0.05, 0.1) is 24.7 Å². The van der Waals surface area contributed by atoms with Crippen LogP contribution < -0.4 is 15.4 Å². The fourth-order valence-corrected chi connectivity index (χ4v) is 3.89. The van der Waals surface area contributed by atoms with Crippen molar-refractivity contribution in [1.29, 1.82) is 0 Å². The summed E-state index contributed by atoms with van der Waals surface area (Å²) in [7, 11) is 1.61. The summed E-state index contributed by atoms with van der Waals surface area (Å²) in [6.45, 7) is 7.06. The van der Waals surface area contributed by atoms with Crippen molar-refractivity contribution in [2.24, 2.45) is 0 Å². The summed E-state index contributed by atoms with van der Waals surface area (Å²) in [4.78, 5) is 14.8. The first-order valence-corrected chi connectivity index (χ1v) is 11.9. The molecule has 0 saturated heterocycles. The molecule has 1 heterocycles. The highest BCUT2D eigenvalue weighted by Gasteiger charge is 2.12. The number of carbonyl (C=O) groups is 1. The molecule has 0 saturated carbocycles. The van der Waals surface area contributed by atoms with E-state index < -0.39 is 0 Å². The Morgan fingerprint density at radius 2 is 1.80 bits per heavy atom. The predicted octanol–water partition coefficient (Wildman–Crippen LogP) is 4.52. The molecule has 0 spiro atoms. The van der Waals surface area contributed by atoms with Crippen molar-refractivity contribution in [3.8, 4) is 11.4 Å². The maximum atomic E-state index is 12.5. The highest BCUT2D eigenvalue weighted by molar-refractivity contribution is 5.95. The van der Waals surface area contributed by atoms with Crippen LogP contribution in [0, 0.1) is 0 Å². The normalized spacial score (nSPS) is 13.3. The number of rotatable bonds is 10. The van der Waals surface area contributed by atoms with Gasteiger partial charge in [-0.2, -0.15) is 0 Å². The number of ether oxygens (including phenoxy) is 1. The second-order valence-electron chi connectivity index (χ2n) is 8.36. The molecule has 2 aromatic carbocycles. The van der Waals surface area contributed by atoms with Crippen molar-refractivity contribution in [3.05, 3.63) is 89.5 Å². The number of allylic oxidation sites excluding steroid dienone is 4. The molecule has 0 unspecified atom stereocenters. The quantitative estimate of drug-likeness (QED) is 0.451. The molecule has 182 valence electrons. The molecule has 1 aromatic heterocycles. The van der Waals surface area contributed by atoms with Gasteiger partial charge in [0.2, 0.25) is 0 Å². The van der Waals surface area contributed by atoms with E-state index in [-0.39, 0.29) is 5.91 Å². The minimum Gasteiger partial charge on any atom is -0.497 e. The summed E-state index contributed by atoms with van der Waals surface area (Å²) >= 11 is 0. The summed E-state index contributed by atoms with van der Waals surface area (Å²) in [5.74, 6) is 0.606. The molecule has 8 heteroatoms. The maximum Gasteiger partial charge on any atom is 0.255 e. The molecule has 1 amide bonds. The van der Waals surface area contributed by atoms with E-state index in [1.807, 2.05) is 41.2 Å². The van der Waals surface area contributed by atoms with Gasteiger partial charge in [0.1, 0.15) is 5.75 Å². The minimum atomic E-state index is -0.121. The number of anilines is 1. The fraction of sp³-hybridized carbons (Fsp3) is 0.296. The molecule has 4 rings (SSSR count). The van der Waals surface area contributed by atoms with E-state index in [0.29, 0.717) is 5.56 Å². The summed E-state index contributed by atoms with van der Waals surface area (Å²) in [6, 6.07) is 15.2. The van der Waals surface area contributed by atoms with E-state index in [0.717, 1.165) is 66.7 Å². The number of methoxy groups -OCH3 is 1. The van der Waals surface area contributed by atoms with Gasteiger partial charge in [0.15, 0.2) is 0 Å². The lowest BCUT2D eigenvalue weighted by molar-refractivity contribution is 0.0964. The van der Waals surface area contributed by atoms with E-state index in [4.69, 9.17) is 4.74 Å². The Labute approximate surface area is 206 Å². The van der Waals surface area contributed by atoms with Gasteiger partial charge in [-0.1, -0.05) is 25.1 Å². The van der Waals surface area contributed by atoms with Gasteiger partial charge in [-0.25, -0.2) is 4.68 Å². The van der Waals surface area contributed by atoms with Crippen molar-refractivity contribution in [3.63, 3.8) is 0 Å². The molecule has 35 heavy (non-hydrogen) atoms. The molecule has 2 N–H and O–H groups in total. The molecule has 1 aliphatic carbocycles. The fourth-order valence-electron chi connectivity index (χ4n) is 3.89. The number of carbonyl (C=O) groups excluding carboxylic acids is 1. The van der Waals surface area contributed by atoms with Crippen molar-refractivity contribution in [2.45, 2.75) is 33.2 Å². The smallest absolute Gasteiger partial charge is 0.255 e. The lowest BCUT2D eigenvalue weighted by Crippen LogP contribution is -2.24. The topological polar surface area (TPSA) is 84.3 Å². The summed E-state index contributed by atoms with van der Waals surface area (Å²) < 4.78 is 6.96. The number of nitrogens with one attached hydrogen (secondary N) is 2. The van der Waals surface area contributed by atoms with Crippen LogP contribution >= 0.6 is 0 Å². The monoisotopic (exact) mass is 472 g/mol. The van der Waals surface area contributed by atoms with Gasteiger partial charge in [0, 0.05) is 29.2 Å². The van der Waals surface area contributed by atoms with Crippen LogP contribution in [0.1, 0.15) is 42.7 Å². The van der Waals surface area contributed by atoms with Crippen LogP contribution in [-0.4, -0.2) is 46.0 Å². The van der Waals surface area contributed by atoms with Crippen LogP contribution in [0.2, 0.25) is 0 Å². The van der Waals surface area contributed by atoms with Crippen molar-refractivity contribution in [2.75, 3.05) is 25.5 Å². The first-order chi connectivity index (χ1) is 17.1. The van der Waals surface area contributed by atoms with E-state index in [9.17, 15) is 4.79 Å². The molecular formula is C27H32N6O2. The molecule has 3 aromatic rings. The van der Waals surface area contributed by atoms with Gasteiger partial charge < -0.3 is 15.4 Å². The summed E-state index contributed by atoms with van der Waals surface area (Å²) in [5.41, 5.74) is 5.47. The Balaban J connectivity index is 1.37. The maximum absolute atomic E-state index is 12.5. The number of hydrogen-bond donors (Lipinski definition) is 2. The van der Waals surface area contributed by atoms with E-state index in [1.165, 1.54) is 0 Å². The highest BCUT2D eigenvalue weighted by atomic mass is 16.5. The zero-order chi connectivity index (χ0) is 24.6. The van der Waals surface area contributed by atoms with Crippen molar-refractivity contribution < 1.29 is 9.53 Å². The Hall–Kier alpha value is -3.91. The summed E-state index contributed by atoms with van der Waals surface area (Å²) in [5, 5.41) is 15.1. The lowest BCUT2D eigenvalue weighted by Gasteiger charge is -2.18. The minimum absolute atomic E-state index is 0.121. The van der Waals surface area contributed by atoms with Crippen LogP contribution in [0.25, 0.3) is 5.69 Å². The predicted molar refractivity (Wildman–Crippen MR) is 137 cm³/mol. The second-order valence-corrected chi connectivity index (χ2v) is 8.36. The standard InChI is InChI=1S/C27H32N6O2/c1-4-32(5-2)18-24-19-33(31-30-24)25-8-6-7-23(17-25)28-21-11-13-22(14-12-21)29-27(34)20-9-15-26(35-3)16-10-20/h6-11,13,15-17,19,28H,4-5,12,14,18H2,1-3H3,(H,29,34). The Kier molecular flexibility index (Phi) is 7.95. The van der Waals surface area contributed by atoms with Crippen LogP contribution in [-0.2, 0) is 6.54 Å². The van der Waals surface area contributed by atoms with Crippen LogP contribution in [0.15, 0.2) is 78.3 Å². The third kappa shape index (κ3) is 6.36. The van der Waals surface area contributed by atoms with E-state index >= 15 is 0 Å². The molecule has 1 aliphatic rings. The molecule has 0 fully saturated rings. The molecule has 0 bridgehead atoms. The number of amides is 1. The van der Waals surface area contributed by atoms with E-state index in [1.54, 1.807) is 31.4 Å². The van der Waals surface area contributed by atoms with Gasteiger partial charge in [-0.3, -0.25) is 9.69 Å². The van der Waals surface area contributed by atoms with Gasteiger partial charge in [-0.05, 0) is 80.5 Å². The SMILES string of the molecule is CCN(CC)Cc1cn(-c2cccc(NC3=CC=C(NC(=O)c4ccc(OC)cc4)CC3)c2)nn1. The highest BCUT2D eigenvalue weighted by Crippen LogP contribution is 2.22. The van der Waals surface area contributed by atoms with Crippen LogP contribution in [0.3, 0.4) is 0 Å². The average Bonchev–Trinajstić information content (AvgIpc) is 3.37. The third-order valence-electron chi connectivity index (χ3n) is 6.01. The van der Waals surface area contributed by atoms with Crippen molar-refractivity contribution in [1.82, 2.24) is 25.2 Å². The molecular weight excluding hydrogens is 440 g/mol. The van der Waals surface area contributed by atoms with Crippen LogP contribution in [0.5, 0.6) is 5.75 Å². The molecule has 0 atom stereocenters. The number of nitrogens with zero attached hydrogens (tertiary/aromatic N) is 4. The Morgan fingerprint density at radius 3 is 2.49 bits per heavy atom. The van der Waals surface area contributed by atoms with Gasteiger partial charge in [-0.15, -0.1) is 5.10 Å². The third-order valence-corrected chi connectivity index (χ3v) is 6.01. The summed E-state index contributed by atoms with van der Waals surface area (Å²) in [6.07, 6.45) is 7.50. The number of hydrogen-bond acceptors (Lipinski definition) is 6. The molecule has 0 aliphatic heterocycles. The zero-order valence-electron chi connectivity index (χ0n) is 20.5. The zero-order valence-corrected chi connectivity index (χ0v) is 20.5. The van der Waals surface area contributed by atoms with Crippen molar-refractivity contribution >= 4 is 11.6 Å². The second kappa shape index (κ2) is 11.5.